The average molecular weight is 360 g/mol. The van der Waals surface area contributed by atoms with Crippen molar-refractivity contribution in [2.75, 3.05) is 19.5 Å². The van der Waals surface area contributed by atoms with E-state index in [0.29, 0.717) is 15.6 Å². The van der Waals surface area contributed by atoms with E-state index in [1.807, 2.05) is 30.3 Å². The predicted octanol–water partition coefficient (Wildman–Crippen LogP) is 5.59. The molecule has 7 heteroatoms. The molecule has 118 valence electrons. The Labute approximate surface area is 139 Å². The van der Waals surface area contributed by atoms with Crippen LogP contribution in [-0.4, -0.2) is 14.2 Å². The second-order valence-corrected chi connectivity index (χ2v) is 7.63. The van der Waals surface area contributed by atoms with Gasteiger partial charge >= 0.3 is 7.60 Å². The van der Waals surface area contributed by atoms with E-state index in [-0.39, 0.29) is 0 Å². The highest BCUT2D eigenvalue weighted by molar-refractivity contribution is 7.54. The lowest BCUT2D eigenvalue weighted by molar-refractivity contribution is 0.268. The van der Waals surface area contributed by atoms with Crippen molar-refractivity contribution in [3.8, 4) is 0 Å². The molecular formula is C15H16Cl2NO3P. The van der Waals surface area contributed by atoms with Gasteiger partial charge in [-0.05, 0) is 29.8 Å². The molecular weight excluding hydrogens is 344 g/mol. The first kappa shape index (κ1) is 17.3. The van der Waals surface area contributed by atoms with Crippen molar-refractivity contribution in [2.24, 2.45) is 0 Å². The van der Waals surface area contributed by atoms with E-state index in [4.69, 9.17) is 32.2 Å². The van der Waals surface area contributed by atoms with Crippen molar-refractivity contribution in [1.29, 1.82) is 0 Å². The van der Waals surface area contributed by atoms with E-state index in [0.717, 1.165) is 5.69 Å². The van der Waals surface area contributed by atoms with E-state index in [1.54, 1.807) is 18.2 Å². The van der Waals surface area contributed by atoms with Gasteiger partial charge in [0.05, 0.1) is 10.0 Å². The lowest BCUT2D eigenvalue weighted by Crippen LogP contribution is -2.13. The Kier molecular flexibility index (Phi) is 5.90. The van der Waals surface area contributed by atoms with E-state index in [9.17, 15) is 4.57 Å². The SMILES string of the molecule is COP(=O)(OC)C(Nc1ccccc1)c1ccc(Cl)c(Cl)c1. The van der Waals surface area contributed by atoms with Crippen LogP contribution >= 0.6 is 30.8 Å². The summed E-state index contributed by atoms with van der Waals surface area (Å²) in [5.74, 6) is -0.709. The number of benzene rings is 2. The lowest BCUT2D eigenvalue weighted by Gasteiger charge is -2.26. The van der Waals surface area contributed by atoms with Crippen LogP contribution in [0.5, 0.6) is 0 Å². The smallest absolute Gasteiger partial charge is 0.356 e. The highest BCUT2D eigenvalue weighted by atomic mass is 35.5. The highest BCUT2D eigenvalue weighted by Gasteiger charge is 2.35. The summed E-state index contributed by atoms with van der Waals surface area (Å²) >= 11 is 12.0. The molecule has 0 heterocycles. The van der Waals surface area contributed by atoms with E-state index in [1.165, 1.54) is 14.2 Å². The van der Waals surface area contributed by atoms with Gasteiger partial charge in [-0.25, -0.2) is 0 Å². The van der Waals surface area contributed by atoms with Crippen molar-refractivity contribution >= 4 is 36.5 Å². The maximum Gasteiger partial charge on any atom is 0.356 e. The third kappa shape index (κ3) is 3.83. The lowest BCUT2D eigenvalue weighted by atomic mass is 10.2. The van der Waals surface area contributed by atoms with Crippen molar-refractivity contribution in [2.45, 2.75) is 5.78 Å². The molecule has 0 amide bonds. The first-order valence-electron chi connectivity index (χ1n) is 6.48. The Balaban J connectivity index is 2.45. The molecule has 0 aromatic heterocycles. The van der Waals surface area contributed by atoms with Crippen molar-refractivity contribution in [3.63, 3.8) is 0 Å². The summed E-state index contributed by atoms with van der Waals surface area (Å²) in [6.45, 7) is 0. The van der Waals surface area contributed by atoms with Crippen molar-refractivity contribution in [1.82, 2.24) is 0 Å². The monoisotopic (exact) mass is 359 g/mol. The fourth-order valence-corrected chi connectivity index (χ4v) is 3.72. The van der Waals surface area contributed by atoms with Crippen LogP contribution in [0.4, 0.5) is 5.69 Å². The number of halogens is 2. The second kappa shape index (κ2) is 7.49. The quantitative estimate of drug-likeness (QED) is 0.682. The summed E-state index contributed by atoms with van der Waals surface area (Å²) in [4.78, 5) is 0. The molecule has 1 unspecified atom stereocenters. The fraction of sp³-hybridized carbons (Fsp3) is 0.200. The second-order valence-electron chi connectivity index (χ2n) is 4.49. The molecule has 4 nitrogen and oxygen atoms in total. The molecule has 0 spiro atoms. The summed E-state index contributed by atoms with van der Waals surface area (Å²) in [5.41, 5.74) is 1.44. The van der Waals surface area contributed by atoms with Crippen LogP contribution in [0.2, 0.25) is 10.0 Å². The Bertz CT molecular complexity index is 674. The van der Waals surface area contributed by atoms with Gasteiger partial charge in [-0.3, -0.25) is 4.57 Å². The van der Waals surface area contributed by atoms with Crippen LogP contribution in [-0.2, 0) is 13.6 Å². The molecule has 0 radical (unpaired) electrons. The molecule has 0 aliphatic heterocycles. The van der Waals surface area contributed by atoms with Gasteiger partial charge in [0.15, 0.2) is 5.78 Å². The average Bonchev–Trinajstić information content (AvgIpc) is 2.55. The van der Waals surface area contributed by atoms with Crippen LogP contribution in [0.25, 0.3) is 0 Å². The number of nitrogens with one attached hydrogen (secondary N) is 1. The molecule has 2 rings (SSSR count). The number of hydrogen-bond acceptors (Lipinski definition) is 4. The Morgan fingerprint density at radius 3 is 2.18 bits per heavy atom. The minimum Gasteiger partial charge on any atom is -0.368 e. The van der Waals surface area contributed by atoms with Crippen LogP contribution in [0.3, 0.4) is 0 Å². The zero-order chi connectivity index (χ0) is 16.2. The molecule has 0 bridgehead atoms. The normalized spacial score (nSPS) is 12.9. The fourth-order valence-electron chi connectivity index (χ4n) is 2.01. The minimum absolute atomic E-state index is 0.373. The van der Waals surface area contributed by atoms with Crippen LogP contribution < -0.4 is 5.32 Å². The number of para-hydroxylation sites is 1. The Morgan fingerprint density at radius 2 is 1.64 bits per heavy atom. The minimum atomic E-state index is -3.43. The molecule has 0 aliphatic rings. The summed E-state index contributed by atoms with van der Waals surface area (Å²) in [6, 6.07) is 14.4. The predicted molar refractivity (Wildman–Crippen MR) is 90.9 cm³/mol. The Hall–Kier alpha value is -1.03. The van der Waals surface area contributed by atoms with Gasteiger partial charge in [0, 0.05) is 19.9 Å². The van der Waals surface area contributed by atoms with Crippen LogP contribution in [0.1, 0.15) is 11.3 Å². The molecule has 2 aromatic rings. The largest absolute Gasteiger partial charge is 0.368 e. The summed E-state index contributed by atoms with van der Waals surface area (Å²) in [5, 5.41) is 3.97. The van der Waals surface area contributed by atoms with Gasteiger partial charge in [-0.15, -0.1) is 0 Å². The maximum atomic E-state index is 12.9. The molecule has 2 aromatic carbocycles. The molecule has 1 atom stereocenters. The van der Waals surface area contributed by atoms with Gasteiger partial charge < -0.3 is 14.4 Å². The van der Waals surface area contributed by atoms with E-state index < -0.39 is 13.4 Å². The number of hydrogen-bond donors (Lipinski definition) is 1. The molecule has 1 N–H and O–H groups in total. The topological polar surface area (TPSA) is 47.6 Å². The maximum absolute atomic E-state index is 12.9. The molecule has 0 fully saturated rings. The summed E-state index contributed by atoms with van der Waals surface area (Å²) in [6.07, 6.45) is 0. The number of anilines is 1. The van der Waals surface area contributed by atoms with E-state index in [2.05, 4.69) is 5.32 Å². The van der Waals surface area contributed by atoms with Crippen molar-refractivity contribution < 1.29 is 13.6 Å². The first-order valence-corrected chi connectivity index (χ1v) is 8.84. The third-order valence-electron chi connectivity index (χ3n) is 3.16. The van der Waals surface area contributed by atoms with Crippen molar-refractivity contribution in [3.05, 3.63) is 64.1 Å². The molecule has 22 heavy (non-hydrogen) atoms. The highest BCUT2D eigenvalue weighted by Crippen LogP contribution is 2.60. The van der Waals surface area contributed by atoms with E-state index >= 15 is 0 Å². The zero-order valence-corrected chi connectivity index (χ0v) is 14.5. The molecule has 0 aliphatic carbocycles. The third-order valence-corrected chi connectivity index (χ3v) is 5.98. The van der Waals surface area contributed by atoms with Crippen LogP contribution in [0.15, 0.2) is 48.5 Å². The number of rotatable bonds is 6. The van der Waals surface area contributed by atoms with Gasteiger partial charge in [0.25, 0.3) is 0 Å². The first-order chi connectivity index (χ1) is 10.5. The van der Waals surface area contributed by atoms with Crippen LogP contribution in [0, 0.1) is 0 Å². The Morgan fingerprint density at radius 1 is 1.00 bits per heavy atom. The van der Waals surface area contributed by atoms with Gasteiger partial charge in [0.1, 0.15) is 0 Å². The van der Waals surface area contributed by atoms with Gasteiger partial charge in [-0.2, -0.15) is 0 Å². The summed E-state index contributed by atoms with van der Waals surface area (Å²) in [7, 11) is -0.729. The summed E-state index contributed by atoms with van der Waals surface area (Å²) < 4.78 is 23.2. The molecule has 0 saturated heterocycles. The molecule has 0 saturated carbocycles. The van der Waals surface area contributed by atoms with Gasteiger partial charge in [0.2, 0.25) is 0 Å². The zero-order valence-electron chi connectivity index (χ0n) is 12.1. The standard InChI is InChI=1S/C15H16Cl2NO3P/c1-20-22(19,21-2)15(18-12-6-4-3-5-7-12)11-8-9-13(16)14(17)10-11/h3-10,15,18H,1-2H3. The van der Waals surface area contributed by atoms with Gasteiger partial charge in [-0.1, -0.05) is 47.5 Å².